The molecule has 2 rings (SSSR count). The molecule has 2 aromatic rings. The van der Waals surface area contributed by atoms with Crippen LogP contribution in [0.25, 0.3) is 11.0 Å². The molecule has 0 radical (unpaired) electrons. The van der Waals surface area contributed by atoms with Crippen molar-refractivity contribution in [2.45, 2.75) is 38.2 Å². The number of nitrogens with zero attached hydrogens (tertiary/aromatic N) is 1. The summed E-state index contributed by atoms with van der Waals surface area (Å²) in [6.45, 7) is 6.10. The molecule has 0 bridgehead atoms. The molecule has 0 spiro atoms. The molecule has 0 aliphatic rings. The Morgan fingerprint density at radius 1 is 1.27 bits per heavy atom. The number of carbonyl (C=O) groups is 1. The van der Waals surface area contributed by atoms with Crippen LogP contribution in [0.15, 0.2) is 33.6 Å². The Bertz CT molecular complexity index is 894. The lowest BCUT2D eigenvalue weighted by atomic mass is 9.87. The minimum absolute atomic E-state index is 0.102. The quantitative estimate of drug-likeness (QED) is 0.798. The Hall–Kier alpha value is -1.90. The molecule has 1 heterocycles. The number of furan rings is 1. The summed E-state index contributed by atoms with van der Waals surface area (Å²) in [5.74, 6) is -0.302. The Kier molecular flexibility index (Phi) is 5.79. The topological polar surface area (TPSA) is 99.9 Å². The van der Waals surface area contributed by atoms with Crippen molar-refractivity contribution in [3.8, 4) is 0 Å². The van der Waals surface area contributed by atoms with Crippen LogP contribution in [-0.4, -0.2) is 50.5 Å². The van der Waals surface area contributed by atoms with Crippen molar-refractivity contribution >= 4 is 26.9 Å². The highest BCUT2D eigenvalue weighted by atomic mass is 32.2. The summed E-state index contributed by atoms with van der Waals surface area (Å²) in [6.07, 6.45) is -0.0991. The van der Waals surface area contributed by atoms with Gasteiger partial charge in [-0.3, -0.25) is 4.79 Å². The molecule has 7 nitrogen and oxygen atoms in total. The van der Waals surface area contributed by atoms with Crippen molar-refractivity contribution in [3.63, 3.8) is 0 Å². The molecule has 0 saturated heterocycles. The van der Waals surface area contributed by atoms with Gasteiger partial charge in [0.05, 0.1) is 11.0 Å². The maximum atomic E-state index is 12.2. The zero-order chi connectivity index (χ0) is 19.7. The summed E-state index contributed by atoms with van der Waals surface area (Å²) >= 11 is 0. The third kappa shape index (κ3) is 4.44. The lowest BCUT2D eigenvalue weighted by molar-refractivity contribution is 0.0549. The number of carbonyl (C=O) groups excluding carboxylic acids is 1. The predicted octanol–water partition coefficient (Wildman–Crippen LogP) is 2.21. The average Bonchev–Trinajstić information content (AvgIpc) is 2.96. The summed E-state index contributed by atoms with van der Waals surface area (Å²) in [6, 6.07) is 5.97. The molecule has 8 heteroatoms. The number of sulfonamides is 1. The second kappa shape index (κ2) is 7.38. The summed E-state index contributed by atoms with van der Waals surface area (Å²) in [5, 5.41) is 13.2. The molecular formula is C18H26N2O5S. The molecule has 1 aromatic carbocycles. The van der Waals surface area contributed by atoms with Crippen LogP contribution in [-0.2, 0) is 10.0 Å². The van der Waals surface area contributed by atoms with Crippen molar-refractivity contribution < 1.29 is 22.7 Å². The fraction of sp³-hybridized carbons (Fsp3) is 0.500. The Labute approximate surface area is 154 Å². The summed E-state index contributed by atoms with van der Waals surface area (Å²) in [5.41, 5.74) is 0.181. The van der Waals surface area contributed by atoms with Crippen molar-refractivity contribution in [1.82, 2.24) is 9.62 Å². The highest BCUT2D eigenvalue weighted by Gasteiger charge is 2.22. The first-order valence-electron chi connectivity index (χ1n) is 8.35. The number of aliphatic hydroxyl groups is 1. The van der Waals surface area contributed by atoms with Crippen molar-refractivity contribution in [1.29, 1.82) is 0 Å². The normalized spacial score (nSPS) is 14.0. The Morgan fingerprint density at radius 3 is 2.50 bits per heavy atom. The molecule has 2 N–H and O–H groups in total. The van der Waals surface area contributed by atoms with E-state index < -0.39 is 22.0 Å². The van der Waals surface area contributed by atoms with Gasteiger partial charge in [0, 0.05) is 26.0 Å². The van der Waals surface area contributed by atoms with Crippen LogP contribution in [0.5, 0.6) is 0 Å². The molecule has 1 unspecified atom stereocenters. The van der Waals surface area contributed by atoms with Crippen LogP contribution in [0.3, 0.4) is 0 Å². The Morgan fingerprint density at radius 2 is 1.92 bits per heavy atom. The fourth-order valence-electron chi connectivity index (χ4n) is 2.35. The first-order chi connectivity index (χ1) is 11.9. The van der Waals surface area contributed by atoms with E-state index in [0.29, 0.717) is 23.9 Å². The van der Waals surface area contributed by atoms with E-state index in [-0.39, 0.29) is 16.1 Å². The van der Waals surface area contributed by atoms with Gasteiger partial charge in [0.1, 0.15) is 5.58 Å². The molecule has 0 fully saturated rings. The largest absolute Gasteiger partial charge is 0.451 e. The van der Waals surface area contributed by atoms with Gasteiger partial charge in [0.2, 0.25) is 10.0 Å². The number of rotatable bonds is 6. The van der Waals surface area contributed by atoms with Gasteiger partial charge >= 0.3 is 0 Å². The molecule has 0 aliphatic heterocycles. The molecule has 1 amide bonds. The van der Waals surface area contributed by atoms with Crippen LogP contribution >= 0.6 is 0 Å². The van der Waals surface area contributed by atoms with E-state index in [1.807, 2.05) is 20.8 Å². The average molecular weight is 382 g/mol. The van der Waals surface area contributed by atoms with Gasteiger partial charge in [0.15, 0.2) is 5.76 Å². The zero-order valence-corrected chi connectivity index (χ0v) is 16.6. The predicted molar refractivity (Wildman–Crippen MR) is 99.5 cm³/mol. The summed E-state index contributed by atoms with van der Waals surface area (Å²) in [4.78, 5) is 12.4. The van der Waals surface area contributed by atoms with Crippen LogP contribution < -0.4 is 5.32 Å². The summed E-state index contributed by atoms with van der Waals surface area (Å²) < 4.78 is 31.0. The third-order valence-electron chi connectivity index (χ3n) is 4.19. The molecule has 1 aromatic heterocycles. The highest BCUT2D eigenvalue weighted by Crippen LogP contribution is 2.24. The van der Waals surface area contributed by atoms with E-state index in [4.69, 9.17) is 4.42 Å². The molecule has 0 saturated carbocycles. The molecule has 144 valence electrons. The van der Waals surface area contributed by atoms with E-state index in [1.54, 1.807) is 0 Å². The monoisotopic (exact) mass is 382 g/mol. The Balaban J connectivity index is 2.12. The standard InChI is InChI=1S/C18H26N2O5S/c1-18(2,3)16(21)8-9-19-17(22)15-11-12-10-13(6-7-14(12)25-15)26(23,24)20(4)5/h6-7,10-11,16,21H,8-9H2,1-5H3,(H,19,22). The van der Waals surface area contributed by atoms with Gasteiger partial charge in [-0.05, 0) is 36.1 Å². The van der Waals surface area contributed by atoms with Gasteiger partial charge in [-0.25, -0.2) is 12.7 Å². The first kappa shape index (κ1) is 20.4. The van der Waals surface area contributed by atoms with E-state index in [1.165, 1.54) is 38.4 Å². The van der Waals surface area contributed by atoms with E-state index >= 15 is 0 Å². The number of benzene rings is 1. The van der Waals surface area contributed by atoms with Gasteiger partial charge in [-0.1, -0.05) is 20.8 Å². The minimum Gasteiger partial charge on any atom is -0.451 e. The SMILES string of the molecule is CN(C)S(=O)(=O)c1ccc2oc(C(=O)NCCC(O)C(C)(C)C)cc2c1. The lowest BCUT2D eigenvalue weighted by Crippen LogP contribution is -2.32. The maximum Gasteiger partial charge on any atom is 0.287 e. The van der Waals surface area contributed by atoms with Crippen LogP contribution in [0, 0.1) is 5.41 Å². The van der Waals surface area contributed by atoms with Gasteiger partial charge < -0.3 is 14.8 Å². The molecular weight excluding hydrogens is 356 g/mol. The number of hydrogen-bond acceptors (Lipinski definition) is 5. The van der Waals surface area contributed by atoms with Crippen molar-refractivity contribution in [3.05, 3.63) is 30.0 Å². The highest BCUT2D eigenvalue weighted by molar-refractivity contribution is 7.89. The van der Waals surface area contributed by atoms with Gasteiger partial charge in [-0.15, -0.1) is 0 Å². The van der Waals surface area contributed by atoms with Crippen molar-refractivity contribution in [2.24, 2.45) is 5.41 Å². The van der Waals surface area contributed by atoms with Gasteiger partial charge in [0.25, 0.3) is 5.91 Å². The number of hydrogen-bond donors (Lipinski definition) is 2. The molecule has 1 atom stereocenters. The number of fused-ring (bicyclic) bond motifs is 1. The number of aliphatic hydroxyl groups excluding tert-OH is 1. The third-order valence-corrected chi connectivity index (χ3v) is 6.00. The van der Waals surface area contributed by atoms with Crippen molar-refractivity contribution in [2.75, 3.05) is 20.6 Å². The smallest absolute Gasteiger partial charge is 0.287 e. The number of nitrogens with one attached hydrogen (secondary N) is 1. The molecule has 26 heavy (non-hydrogen) atoms. The second-order valence-corrected chi connectivity index (χ2v) is 9.68. The van der Waals surface area contributed by atoms with E-state index in [9.17, 15) is 18.3 Å². The maximum absolute atomic E-state index is 12.2. The van der Waals surface area contributed by atoms with Gasteiger partial charge in [-0.2, -0.15) is 0 Å². The van der Waals surface area contributed by atoms with E-state index in [2.05, 4.69) is 5.32 Å². The second-order valence-electron chi connectivity index (χ2n) is 7.52. The van der Waals surface area contributed by atoms with Crippen LogP contribution in [0.2, 0.25) is 0 Å². The summed E-state index contributed by atoms with van der Waals surface area (Å²) in [7, 11) is -0.638. The first-order valence-corrected chi connectivity index (χ1v) is 9.79. The fourth-order valence-corrected chi connectivity index (χ4v) is 3.28. The zero-order valence-electron chi connectivity index (χ0n) is 15.7. The lowest BCUT2D eigenvalue weighted by Gasteiger charge is -2.25. The van der Waals surface area contributed by atoms with E-state index in [0.717, 1.165) is 4.31 Å². The van der Waals surface area contributed by atoms with Crippen LogP contribution in [0.1, 0.15) is 37.7 Å². The minimum atomic E-state index is -3.55. The molecule has 0 aliphatic carbocycles. The van der Waals surface area contributed by atoms with Crippen LogP contribution in [0.4, 0.5) is 0 Å². The number of amides is 1.